The number of carbonyl (C=O) groups is 1. The molecule has 1 aromatic heterocycles. The number of rotatable bonds is 7. The molecule has 0 spiro atoms. The van der Waals surface area contributed by atoms with E-state index < -0.39 is 0 Å². The smallest absolute Gasteiger partial charge is 0.254 e. The standard InChI is InChI=1S/C22H26ClN3O/c1-4-26-20-14-18(23)10-11-19(20)24-21(26)15-25(13-12-16(2)3)22(27)17-8-6-5-7-9-17/h5-11,14,16H,4,12-13,15H2,1-3H3. The number of aromatic nitrogens is 2. The van der Waals surface area contributed by atoms with E-state index in [0.29, 0.717) is 29.6 Å². The lowest BCUT2D eigenvalue weighted by atomic mass is 10.1. The molecule has 0 bridgehead atoms. The average Bonchev–Trinajstić information content (AvgIpc) is 3.01. The van der Waals surface area contributed by atoms with Crippen molar-refractivity contribution in [1.82, 2.24) is 14.5 Å². The summed E-state index contributed by atoms with van der Waals surface area (Å²) in [4.78, 5) is 19.8. The zero-order chi connectivity index (χ0) is 19.4. The first-order valence-corrected chi connectivity index (χ1v) is 9.86. The van der Waals surface area contributed by atoms with Crippen LogP contribution in [-0.4, -0.2) is 26.9 Å². The number of aryl methyl sites for hydroxylation is 1. The molecular formula is C22H26ClN3O. The first-order valence-electron chi connectivity index (χ1n) is 9.48. The highest BCUT2D eigenvalue weighted by Crippen LogP contribution is 2.22. The number of nitrogens with zero attached hydrogens (tertiary/aromatic N) is 3. The number of hydrogen-bond acceptors (Lipinski definition) is 2. The molecule has 0 unspecified atom stereocenters. The molecule has 3 rings (SSSR count). The van der Waals surface area contributed by atoms with Crippen LogP contribution in [0.1, 0.15) is 43.4 Å². The van der Waals surface area contributed by atoms with Gasteiger partial charge in [0.1, 0.15) is 5.82 Å². The van der Waals surface area contributed by atoms with E-state index in [1.807, 2.05) is 53.4 Å². The van der Waals surface area contributed by atoms with Gasteiger partial charge in [0.25, 0.3) is 5.91 Å². The lowest BCUT2D eigenvalue weighted by Gasteiger charge is -2.24. The minimum Gasteiger partial charge on any atom is -0.331 e. The number of hydrogen-bond donors (Lipinski definition) is 0. The van der Waals surface area contributed by atoms with E-state index in [1.165, 1.54) is 0 Å². The Labute approximate surface area is 165 Å². The van der Waals surface area contributed by atoms with Gasteiger partial charge in [0, 0.05) is 23.7 Å². The van der Waals surface area contributed by atoms with Crippen molar-refractivity contribution in [3.63, 3.8) is 0 Å². The molecule has 142 valence electrons. The van der Waals surface area contributed by atoms with E-state index in [4.69, 9.17) is 16.6 Å². The van der Waals surface area contributed by atoms with Crippen molar-refractivity contribution in [3.05, 3.63) is 64.9 Å². The second-order valence-corrected chi connectivity index (χ2v) is 7.62. The molecule has 0 radical (unpaired) electrons. The number of imidazole rings is 1. The molecule has 0 saturated carbocycles. The summed E-state index contributed by atoms with van der Waals surface area (Å²) in [6.07, 6.45) is 0.955. The van der Waals surface area contributed by atoms with Gasteiger partial charge in [-0.05, 0) is 49.6 Å². The highest BCUT2D eigenvalue weighted by Gasteiger charge is 2.20. The molecule has 5 heteroatoms. The maximum Gasteiger partial charge on any atom is 0.254 e. The molecule has 0 atom stereocenters. The minimum atomic E-state index is 0.0454. The van der Waals surface area contributed by atoms with Gasteiger partial charge in [-0.15, -0.1) is 0 Å². The molecule has 0 aliphatic carbocycles. The molecule has 0 saturated heterocycles. The van der Waals surface area contributed by atoms with Gasteiger partial charge in [0.2, 0.25) is 0 Å². The fourth-order valence-electron chi connectivity index (χ4n) is 3.22. The van der Waals surface area contributed by atoms with Gasteiger partial charge in [0.05, 0.1) is 17.6 Å². The summed E-state index contributed by atoms with van der Waals surface area (Å²) >= 11 is 6.17. The lowest BCUT2D eigenvalue weighted by Crippen LogP contribution is -2.33. The van der Waals surface area contributed by atoms with Crippen molar-refractivity contribution >= 4 is 28.5 Å². The van der Waals surface area contributed by atoms with Gasteiger partial charge >= 0.3 is 0 Å². The topological polar surface area (TPSA) is 38.1 Å². The molecule has 1 amide bonds. The highest BCUT2D eigenvalue weighted by atomic mass is 35.5. The zero-order valence-electron chi connectivity index (χ0n) is 16.2. The first kappa shape index (κ1) is 19.4. The number of fused-ring (bicyclic) bond motifs is 1. The van der Waals surface area contributed by atoms with Gasteiger partial charge in [-0.1, -0.05) is 43.6 Å². The van der Waals surface area contributed by atoms with Crippen LogP contribution in [0.3, 0.4) is 0 Å². The average molecular weight is 384 g/mol. The van der Waals surface area contributed by atoms with E-state index in [-0.39, 0.29) is 5.91 Å². The zero-order valence-corrected chi connectivity index (χ0v) is 16.9. The van der Waals surface area contributed by atoms with Crippen molar-refractivity contribution in [2.24, 2.45) is 5.92 Å². The summed E-state index contributed by atoms with van der Waals surface area (Å²) in [5, 5.41) is 0.695. The largest absolute Gasteiger partial charge is 0.331 e. The van der Waals surface area contributed by atoms with Gasteiger partial charge in [-0.3, -0.25) is 4.79 Å². The second kappa shape index (κ2) is 8.57. The SMILES string of the molecule is CCn1c(CN(CCC(C)C)C(=O)c2ccccc2)nc2ccc(Cl)cc21. The summed E-state index contributed by atoms with van der Waals surface area (Å²) in [7, 11) is 0. The molecule has 0 aliphatic rings. The maximum atomic E-state index is 13.1. The summed E-state index contributed by atoms with van der Waals surface area (Å²) in [6.45, 7) is 8.41. The fraction of sp³-hybridized carbons (Fsp3) is 0.364. The predicted molar refractivity (Wildman–Crippen MR) is 111 cm³/mol. The maximum absolute atomic E-state index is 13.1. The number of carbonyl (C=O) groups excluding carboxylic acids is 1. The molecule has 0 fully saturated rings. The highest BCUT2D eigenvalue weighted by molar-refractivity contribution is 6.31. The molecular weight excluding hydrogens is 358 g/mol. The third-order valence-electron chi connectivity index (χ3n) is 4.72. The molecule has 1 heterocycles. The second-order valence-electron chi connectivity index (χ2n) is 7.18. The number of benzene rings is 2. The van der Waals surface area contributed by atoms with Crippen LogP contribution in [0.4, 0.5) is 0 Å². The lowest BCUT2D eigenvalue weighted by molar-refractivity contribution is 0.0729. The van der Waals surface area contributed by atoms with Gasteiger partial charge in [-0.25, -0.2) is 4.98 Å². The minimum absolute atomic E-state index is 0.0454. The third kappa shape index (κ3) is 4.51. The Bertz CT molecular complexity index is 918. The van der Waals surface area contributed by atoms with Crippen LogP contribution in [0.25, 0.3) is 11.0 Å². The van der Waals surface area contributed by atoms with E-state index >= 15 is 0 Å². The van der Waals surface area contributed by atoms with Crippen LogP contribution in [-0.2, 0) is 13.1 Å². The van der Waals surface area contributed by atoms with Crippen LogP contribution in [0.15, 0.2) is 48.5 Å². The van der Waals surface area contributed by atoms with Gasteiger partial charge in [0.15, 0.2) is 0 Å². The molecule has 2 aromatic carbocycles. The van der Waals surface area contributed by atoms with E-state index in [2.05, 4.69) is 25.3 Å². The Kier molecular flexibility index (Phi) is 6.17. The Morgan fingerprint density at radius 1 is 1.19 bits per heavy atom. The molecule has 3 aromatic rings. The van der Waals surface area contributed by atoms with E-state index in [9.17, 15) is 4.79 Å². The van der Waals surface area contributed by atoms with Crippen LogP contribution in [0.2, 0.25) is 5.02 Å². The first-order chi connectivity index (χ1) is 13.0. The summed E-state index contributed by atoms with van der Waals surface area (Å²) in [5.41, 5.74) is 2.63. The van der Waals surface area contributed by atoms with Crippen LogP contribution < -0.4 is 0 Å². The normalized spacial score (nSPS) is 11.3. The summed E-state index contributed by atoms with van der Waals surface area (Å²) < 4.78 is 2.14. The Hall–Kier alpha value is -2.33. The molecule has 0 N–H and O–H groups in total. The summed E-state index contributed by atoms with van der Waals surface area (Å²) in [6, 6.07) is 15.2. The van der Waals surface area contributed by atoms with Crippen molar-refractivity contribution in [2.75, 3.05) is 6.54 Å². The Balaban J connectivity index is 1.94. The Morgan fingerprint density at radius 2 is 1.93 bits per heavy atom. The summed E-state index contributed by atoms with van der Waals surface area (Å²) in [5.74, 6) is 1.46. The van der Waals surface area contributed by atoms with E-state index in [0.717, 1.165) is 29.8 Å². The molecule has 4 nitrogen and oxygen atoms in total. The van der Waals surface area contributed by atoms with Crippen molar-refractivity contribution in [3.8, 4) is 0 Å². The monoisotopic (exact) mass is 383 g/mol. The van der Waals surface area contributed by atoms with Crippen molar-refractivity contribution in [2.45, 2.75) is 40.3 Å². The van der Waals surface area contributed by atoms with Crippen LogP contribution >= 0.6 is 11.6 Å². The van der Waals surface area contributed by atoms with Crippen LogP contribution in [0.5, 0.6) is 0 Å². The number of amides is 1. The van der Waals surface area contributed by atoms with E-state index in [1.54, 1.807) is 0 Å². The molecule has 0 aliphatic heterocycles. The predicted octanol–water partition coefficient (Wildman–Crippen LogP) is 5.40. The van der Waals surface area contributed by atoms with Gasteiger partial charge in [-0.2, -0.15) is 0 Å². The van der Waals surface area contributed by atoms with Crippen molar-refractivity contribution in [1.29, 1.82) is 0 Å². The van der Waals surface area contributed by atoms with Gasteiger partial charge < -0.3 is 9.47 Å². The third-order valence-corrected chi connectivity index (χ3v) is 4.96. The van der Waals surface area contributed by atoms with Crippen LogP contribution in [0, 0.1) is 5.92 Å². The number of halogens is 1. The fourth-order valence-corrected chi connectivity index (χ4v) is 3.39. The molecule has 27 heavy (non-hydrogen) atoms. The Morgan fingerprint density at radius 3 is 2.59 bits per heavy atom. The quantitative estimate of drug-likeness (QED) is 0.548. The van der Waals surface area contributed by atoms with Crippen molar-refractivity contribution < 1.29 is 4.79 Å².